The average molecular weight is 666 g/mol. The van der Waals surface area contributed by atoms with Gasteiger partial charge in [-0.2, -0.15) is 13.2 Å². The van der Waals surface area contributed by atoms with Crippen molar-refractivity contribution in [2.45, 2.75) is 36.8 Å². The fourth-order valence-corrected chi connectivity index (χ4v) is 7.36. The number of likely N-dealkylation sites (N-methyl/N-ethyl adjacent to an activating group) is 1. The first-order valence-corrected chi connectivity index (χ1v) is 14.2. The molecule has 3 aliphatic rings. The van der Waals surface area contributed by atoms with E-state index in [-0.39, 0.29) is 16.1 Å². The second kappa shape index (κ2) is 11.2. The molecule has 2 fully saturated rings. The molecule has 244 valence electrons. The van der Waals surface area contributed by atoms with Crippen molar-refractivity contribution < 1.29 is 56.9 Å². The van der Waals surface area contributed by atoms with Crippen LogP contribution in [0.25, 0.3) is 0 Å². The van der Waals surface area contributed by atoms with Crippen LogP contribution in [0.1, 0.15) is 34.3 Å². The number of hydrogen-bond acceptors (Lipinski definition) is 10. The molecule has 16 heteroatoms. The maximum atomic E-state index is 14.2. The van der Waals surface area contributed by atoms with E-state index in [4.69, 9.17) is 22.1 Å². The zero-order valence-corrected chi connectivity index (χ0v) is 25.1. The third kappa shape index (κ3) is 4.84. The topological polar surface area (TPSA) is 193 Å². The number of aliphatic hydroxyl groups is 1. The Labute approximate surface area is 263 Å². The van der Waals surface area contributed by atoms with E-state index in [1.807, 2.05) is 5.32 Å². The highest BCUT2D eigenvalue weighted by molar-refractivity contribution is 6.32. The van der Waals surface area contributed by atoms with Crippen LogP contribution in [-0.2, 0) is 30.1 Å². The third-order valence-corrected chi connectivity index (χ3v) is 9.33. The monoisotopic (exact) mass is 665 g/mol. The number of fused-ring (bicyclic) bond motifs is 3. The van der Waals surface area contributed by atoms with Gasteiger partial charge in [0.25, 0.3) is 0 Å². The molecule has 2 unspecified atom stereocenters. The Morgan fingerprint density at radius 2 is 1.74 bits per heavy atom. The molecule has 0 saturated heterocycles. The molecule has 5 N–H and O–H groups in total. The predicted octanol–water partition coefficient (Wildman–Crippen LogP) is 2.33. The van der Waals surface area contributed by atoms with Crippen LogP contribution in [-0.4, -0.2) is 82.1 Å². The van der Waals surface area contributed by atoms with Gasteiger partial charge in [-0.3, -0.25) is 34.2 Å². The van der Waals surface area contributed by atoms with E-state index in [0.717, 1.165) is 17.0 Å². The number of benzene rings is 2. The first-order valence-electron chi connectivity index (χ1n) is 13.8. The predicted molar refractivity (Wildman–Crippen MR) is 152 cm³/mol. The minimum absolute atomic E-state index is 0.209. The van der Waals surface area contributed by atoms with Crippen LogP contribution < -0.4 is 11.1 Å². The summed E-state index contributed by atoms with van der Waals surface area (Å²) < 4.78 is 47.0. The van der Waals surface area contributed by atoms with Crippen LogP contribution in [0.5, 0.6) is 5.75 Å². The van der Waals surface area contributed by atoms with Crippen LogP contribution >= 0.6 is 11.6 Å². The lowest BCUT2D eigenvalue weighted by Gasteiger charge is -2.56. The maximum Gasteiger partial charge on any atom is 0.418 e. The number of phenolic OH excluding ortho intramolecular Hbond substituents is 1. The largest absolute Gasteiger partial charge is 0.507 e. The van der Waals surface area contributed by atoms with Crippen LogP contribution in [0.2, 0.25) is 5.02 Å². The molecule has 0 bridgehead atoms. The first-order chi connectivity index (χ1) is 21.3. The second-order valence-corrected chi connectivity index (χ2v) is 12.2. The van der Waals surface area contributed by atoms with Gasteiger partial charge in [0.15, 0.2) is 34.7 Å². The minimum Gasteiger partial charge on any atom is -0.507 e. The van der Waals surface area contributed by atoms with Crippen molar-refractivity contribution in [3.05, 3.63) is 58.1 Å². The second-order valence-electron chi connectivity index (χ2n) is 11.8. The summed E-state index contributed by atoms with van der Waals surface area (Å²) in [4.78, 5) is 82.3. The Balaban J connectivity index is 1.70. The number of alkyl halides is 3. The van der Waals surface area contributed by atoms with Gasteiger partial charge in [-0.1, -0.05) is 30.7 Å². The summed E-state index contributed by atoms with van der Waals surface area (Å²) in [6, 6.07) is 4.85. The summed E-state index contributed by atoms with van der Waals surface area (Å²) in [5.74, 6) is -15.7. The zero-order valence-electron chi connectivity index (χ0n) is 24.3. The number of halogens is 4. The molecule has 2 amide bonds. The smallest absolute Gasteiger partial charge is 0.418 e. The number of nitrogens with two attached hydrogens (primary N) is 1. The number of nitrogens with zero attached hydrogens (tertiary/aromatic N) is 1. The third-order valence-electron chi connectivity index (χ3n) is 9.09. The number of amides is 2. The van der Waals surface area contributed by atoms with Crippen LogP contribution in [0, 0.1) is 23.7 Å². The Bertz CT molecular complexity index is 1710. The molecule has 0 aromatic heterocycles. The SMILES string of the molecule is C[C@H]1c2cccc(O)c2C(=O)C2C(=O)[C@]3(O)C(=O)C(C(N)=O)C(=O)[C@@H](N(C)C)[C@@H]3[C@@H](OC(=O)Nc3ccc(Cl)cc3C(F)(F)F)[C@@H]21. The lowest BCUT2D eigenvalue weighted by Crippen LogP contribution is -2.78. The fraction of sp³-hybridized carbons (Fsp3) is 0.400. The van der Waals surface area contributed by atoms with E-state index >= 15 is 0 Å². The van der Waals surface area contributed by atoms with E-state index in [1.54, 1.807) is 0 Å². The summed E-state index contributed by atoms with van der Waals surface area (Å²) in [5, 5.41) is 24.2. The Morgan fingerprint density at radius 1 is 1.09 bits per heavy atom. The van der Waals surface area contributed by atoms with Gasteiger partial charge in [0, 0.05) is 10.9 Å². The Morgan fingerprint density at radius 3 is 2.33 bits per heavy atom. The highest BCUT2D eigenvalue weighted by Crippen LogP contribution is 2.55. The lowest BCUT2D eigenvalue weighted by molar-refractivity contribution is -0.196. The van der Waals surface area contributed by atoms with Crippen molar-refractivity contribution >= 4 is 52.4 Å². The van der Waals surface area contributed by atoms with Gasteiger partial charge >= 0.3 is 12.3 Å². The fourth-order valence-electron chi connectivity index (χ4n) is 7.19. The van der Waals surface area contributed by atoms with Gasteiger partial charge in [0.05, 0.1) is 34.7 Å². The number of phenols is 1. The number of primary amides is 1. The molecule has 0 aliphatic heterocycles. The Hall–Kier alpha value is -4.34. The molecule has 0 spiro atoms. The first kappa shape index (κ1) is 33.0. The average Bonchev–Trinajstić information content (AvgIpc) is 2.94. The molecule has 0 radical (unpaired) electrons. The highest BCUT2D eigenvalue weighted by Gasteiger charge is 2.74. The number of carbonyl (C=O) groups is 6. The van der Waals surface area contributed by atoms with Crippen molar-refractivity contribution in [2.75, 3.05) is 19.4 Å². The summed E-state index contributed by atoms with van der Waals surface area (Å²) in [6.07, 6.45) is -8.41. The van der Waals surface area contributed by atoms with Crippen molar-refractivity contribution in [1.29, 1.82) is 0 Å². The van der Waals surface area contributed by atoms with E-state index < -0.39 is 106 Å². The van der Waals surface area contributed by atoms with E-state index in [2.05, 4.69) is 0 Å². The number of hydrogen-bond donors (Lipinski definition) is 4. The molecule has 2 aromatic carbocycles. The molecule has 2 saturated carbocycles. The van der Waals surface area contributed by atoms with Crippen molar-refractivity contribution in [3.8, 4) is 5.75 Å². The highest BCUT2D eigenvalue weighted by atomic mass is 35.5. The number of rotatable bonds is 4. The summed E-state index contributed by atoms with van der Waals surface area (Å²) in [6.45, 7) is 1.51. The zero-order chi connectivity index (χ0) is 34.2. The van der Waals surface area contributed by atoms with Crippen molar-refractivity contribution in [3.63, 3.8) is 0 Å². The van der Waals surface area contributed by atoms with Crippen LogP contribution in [0.15, 0.2) is 36.4 Å². The molecule has 12 nitrogen and oxygen atoms in total. The molecule has 8 atom stereocenters. The van der Waals surface area contributed by atoms with Crippen molar-refractivity contribution in [2.24, 2.45) is 29.4 Å². The molecule has 5 rings (SSSR count). The number of anilines is 1. The van der Waals surface area contributed by atoms with Crippen LogP contribution in [0.4, 0.5) is 23.7 Å². The van der Waals surface area contributed by atoms with Gasteiger partial charge in [0.1, 0.15) is 11.9 Å². The summed E-state index contributed by atoms with van der Waals surface area (Å²) in [5.41, 5.74) is -0.160. The summed E-state index contributed by atoms with van der Waals surface area (Å²) in [7, 11) is 2.63. The molecule has 46 heavy (non-hydrogen) atoms. The molecular weight excluding hydrogens is 639 g/mol. The lowest BCUT2D eigenvalue weighted by atomic mass is 9.49. The van der Waals surface area contributed by atoms with E-state index in [9.17, 15) is 52.2 Å². The molecule has 3 aliphatic carbocycles. The minimum atomic E-state index is -4.98. The molecule has 2 aromatic rings. The molecular formula is C30H27ClF3N3O9. The number of nitrogens with one attached hydrogen (secondary N) is 1. The van der Waals surface area contributed by atoms with Gasteiger partial charge in [0.2, 0.25) is 5.91 Å². The van der Waals surface area contributed by atoms with E-state index in [1.165, 1.54) is 39.2 Å². The maximum absolute atomic E-state index is 14.2. The normalized spacial score (nSPS) is 30.8. The van der Waals surface area contributed by atoms with Crippen molar-refractivity contribution in [1.82, 2.24) is 4.90 Å². The number of ether oxygens (including phenoxy) is 1. The van der Waals surface area contributed by atoms with E-state index in [0.29, 0.717) is 6.07 Å². The van der Waals surface area contributed by atoms with Crippen LogP contribution in [0.3, 0.4) is 0 Å². The molecule has 0 heterocycles. The van der Waals surface area contributed by atoms with Gasteiger partial charge in [-0.05, 0) is 49.8 Å². The number of aromatic hydroxyl groups is 1. The number of ketones is 4. The standard InChI is InChI=1S/C30H27ClF3N3O9/c1-10-12-5-4-6-15(38)17(12)22(39)18-16(10)24(46-28(44)36-14-8-7-11(31)9-13(14)30(32,33)34)20-21(37(2)3)23(40)19(27(35)43)26(42)29(20,45)25(18)41/h4-10,16,18-21,24,38,45H,1-3H3,(H2,35,43)(H,36,44)/t10-,16+,18?,19?,20+,21-,24-,29-/m0/s1. The van der Waals surface area contributed by atoms with Gasteiger partial charge < -0.3 is 20.7 Å². The van der Waals surface area contributed by atoms with Gasteiger partial charge in [-0.15, -0.1) is 0 Å². The Kier molecular flexibility index (Phi) is 8.02. The van der Waals surface area contributed by atoms with Gasteiger partial charge in [-0.25, -0.2) is 4.79 Å². The summed E-state index contributed by atoms with van der Waals surface area (Å²) >= 11 is 5.73. The quantitative estimate of drug-likeness (QED) is 0.352. The number of carbonyl (C=O) groups excluding carboxylic acids is 6. The number of Topliss-reactive ketones (excluding diaryl/α,β-unsaturated/α-hetero) is 4.